The number of hydrogen-bond acceptors (Lipinski definition) is 3. The standard InChI is InChI=1S/C9H18N2O2/c1-3-11(4-2)8(12)9(13)5-6-10-7-9/h10,13H,3-7H2,1-2H3. The average Bonchev–Trinajstić information content (AvgIpc) is 2.55. The lowest BCUT2D eigenvalue weighted by Gasteiger charge is -2.28. The van der Waals surface area contributed by atoms with Gasteiger partial charge in [-0.2, -0.15) is 0 Å². The van der Waals surface area contributed by atoms with Crippen molar-refractivity contribution in [3.63, 3.8) is 0 Å². The highest BCUT2D eigenvalue weighted by Gasteiger charge is 2.40. The van der Waals surface area contributed by atoms with E-state index in [9.17, 15) is 9.90 Å². The third kappa shape index (κ3) is 2.00. The number of carbonyl (C=O) groups excluding carboxylic acids is 1. The molecule has 0 aromatic carbocycles. The first-order chi connectivity index (χ1) is 6.14. The molecule has 0 spiro atoms. The van der Waals surface area contributed by atoms with Crippen LogP contribution in [0.5, 0.6) is 0 Å². The summed E-state index contributed by atoms with van der Waals surface area (Å²) in [4.78, 5) is 13.4. The maximum Gasteiger partial charge on any atom is 0.255 e. The van der Waals surface area contributed by atoms with E-state index in [0.717, 1.165) is 6.54 Å². The van der Waals surface area contributed by atoms with E-state index in [1.807, 2.05) is 13.8 Å². The summed E-state index contributed by atoms with van der Waals surface area (Å²) in [5.41, 5.74) is -1.15. The van der Waals surface area contributed by atoms with Crippen LogP contribution in [0.4, 0.5) is 0 Å². The fourth-order valence-corrected chi connectivity index (χ4v) is 1.67. The van der Waals surface area contributed by atoms with Gasteiger partial charge < -0.3 is 15.3 Å². The molecule has 1 rings (SSSR count). The molecule has 4 heteroatoms. The number of β-amino-alcohol motifs (C(OH)–C–C–N with tert-alkyl or cyclic N) is 1. The Hall–Kier alpha value is -0.610. The highest BCUT2D eigenvalue weighted by Crippen LogP contribution is 2.17. The zero-order valence-corrected chi connectivity index (χ0v) is 8.34. The van der Waals surface area contributed by atoms with Crippen LogP contribution in [-0.4, -0.2) is 47.7 Å². The molecular formula is C9H18N2O2. The molecule has 2 N–H and O–H groups in total. The first kappa shape index (κ1) is 10.5. The molecule has 0 saturated carbocycles. The van der Waals surface area contributed by atoms with Gasteiger partial charge in [-0.05, 0) is 26.8 Å². The molecule has 1 aliphatic heterocycles. The van der Waals surface area contributed by atoms with Gasteiger partial charge >= 0.3 is 0 Å². The van der Waals surface area contributed by atoms with Crippen LogP contribution < -0.4 is 5.32 Å². The van der Waals surface area contributed by atoms with Gasteiger partial charge in [-0.25, -0.2) is 0 Å². The fraction of sp³-hybridized carbons (Fsp3) is 0.889. The van der Waals surface area contributed by atoms with Crippen molar-refractivity contribution >= 4 is 5.91 Å². The topological polar surface area (TPSA) is 52.6 Å². The Kier molecular flexibility index (Phi) is 3.27. The molecule has 1 atom stereocenters. The monoisotopic (exact) mass is 186 g/mol. The van der Waals surface area contributed by atoms with Gasteiger partial charge in [0.2, 0.25) is 0 Å². The predicted molar refractivity (Wildman–Crippen MR) is 50.4 cm³/mol. The van der Waals surface area contributed by atoms with Gasteiger partial charge in [0.1, 0.15) is 0 Å². The third-order valence-corrected chi connectivity index (χ3v) is 2.58. The van der Waals surface area contributed by atoms with Gasteiger partial charge in [0, 0.05) is 19.6 Å². The lowest BCUT2D eigenvalue weighted by Crippen LogP contribution is -2.50. The summed E-state index contributed by atoms with van der Waals surface area (Å²) in [6.07, 6.45) is 0.530. The number of nitrogens with one attached hydrogen (secondary N) is 1. The molecule has 1 unspecified atom stereocenters. The summed E-state index contributed by atoms with van der Waals surface area (Å²) in [6, 6.07) is 0. The van der Waals surface area contributed by atoms with Crippen LogP contribution in [0.1, 0.15) is 20.3 Å². The Balaban J connectivity index is 2.64. The molecule has 1 saturated heterocycles. The number of likely N-dealkylation sites (N-methyl/N-ethyl adjacent to an activating group) is 1. The molecule has 4 nitrogen and oxygen atoms in total. The molecule has 0 aromatic heterocycles. The summed E-state index contributed by atoms with van der Waals surface area (Å²) < 4.78 is 0. The van der Waals surface area contributed by atoms with Crippen LogP contribution in [0.2, 0.25) is 0 Å². The molecule has 0 bridgehead atoms. The summed E-state index contributed by atoms with van der Waals surface area (Å²) in [5.74, 6) is -0.137. The zero-order valence-electron chi connectivity index (χ0n) is 8.34. The Labute approximate surface area is 78.9 Å². The minimum Gasteiger partial charge on any atom is -0.379 e. The first-order valence-electron chi connectivity index (χ1n) is 4.86. The van der Waals surface area contributed by atoms with Crippen molar-refractivity contribution in [2.24, 2.45) is 0 Å². The van der Waals surface area contributed by atoms with Gasteiger partial charge in [-0.1, -0.05) is 0 Å². The quantitative estimate of drug-likeness (QED) is 0.629. The third-order valence-electron chi connectivity index (χ3n) is 2.58. The van der Waals surface area contributed by atoms with Crippen LogP contribution in [0.25, 0.3) is 0 Å². The Morgan fingerprint density at radius 1 is 1.54 bits per heavy atom. The van der Waals surface area contributed by atoms with Crippen molar-refractivity contribution in [3.05, 3.63) is 0 Å². The second kappa shape index (κ2) is 4.07. The lowest BCUT2D eigenvalue weighted by atomic mass is 10.0. The van der Waals surface area contributed by atoms with Gasteiger partial charge in [0.25, 0.3) is 5.91 Å². The molecule has 13 heavy (non-hydrogen) atoms. The van der Waals surface area contributed by atoms with E-state index in [-0.39, 0.29) is 5.91 Å². The molecule has 1 amide bonds. The van der Waals surface area contributed by atoms with Gasteiger partial charge in [-0.3, -0.25) is 4.79 Å². The van der Waals surface area contributed by atoms with Crippen LogP contribution in [0, 0.1) is 0 Å². The molecule has 76 valence electrons. The second-order valence-corrected chi connectivity index (χ2v) is 3.44. The molecule has 0 radical (unpaired) electrons. The smallest absolute Gasteiger partial charge is 0.255 e. The Bertz CT molecular complexity index is 184. The lowest BCUT2D eigenvalue weighted by molar-refractivity contribution is -0.148. The molecule has 0 aliphatic carbocycles. The van der Waals surface area contributed by atoms with E-state index in [4.69, 9.17) is 0 Å². The van der Waals surface area contributed by atoms with Crippen molar-refractivity contribution in [1.29, 1.82) is 0 Å². The number of amides is 1. The van der Waals surface area contributed by atoms with E-state index in [2.05, 4.69) is 5.32 Å². The van der Waals surface area contributed by atoms with Gasteiger partial charge in [-0.15, -0.1) is 0 Å². The maximum absolute atomic E-state index is 11.8. The number of nitrogens with zero attached hydrogens (tertiary/aromatic N) is 1. The van der Waals surface area contributed by atoms with Gasteiger partial charge in [0.05, 0.1) is 0 Å². The molecule has 0 aromatic rings. The largest absolute Gasteiger partial charge is 0.379 e. The highest BCUT2D eigenvalue weighted by molar-refractivity contribution is 5.85. The Morgan fingerprint density at radius 3 is 2.54 bits per heavy atom. The maximum atomic E-state index is 11.8. The minimum absolute atomic E-state index is 0.137. The highest BCUT2D eigenvalue weighted by atomic mass is 16.3. The van der Waals surface area contributed by atoms with Gasteiger partial charge in [0.15, 0.2) is 5.60 Å². The average molecular weight is 186 g/mol. The first-order valence-corrected chi connectivity index (χ1v) is 4.86. The summed E-state index contributed by atoms with van der Waals surface area (Å²) in [6.45, 7) is 6.29. The van der Waals surface area contributed by atoms with Crippen molar-refractivity contribution in [3.8, 4) is 0 Å². The molecular weight excluding hydrogens is 168 g/mol. The summed E-state index contributed by atoms with van der Waals surface area (Å²) in [7, 11) is 0. The number of hydrogen-bond donors (Lipinski definition) is 2. The van der Waals surface area contributed by atoms with Crippen LogP contribution in [0.3, 0.4) is 0 Å². The normalized spacial score (nSPS) is 27.6. The van der Waals surface area contributed by atoms with Crippen LogP contribution >= 0.6 is 0 Å². The molecule has 1 aliphatic rings. The SMILES string of the molecule is CCN(CC)C(=O)C1(O)CCNC1. The summed E-state index contributed by atoms with van der Waals surface area (Å²) >= 11 is 0. The second-order valence-electron chi connectivity index (χ2n) is 3.44. The van der Waals surface area contributed by atoms with Crippen molar-refractivity contribution in [2.75, 3.05) is 26.2 Å². The molecule has 1 fully saturated rings. The molecule has 1 heterocycles. The van der Waals surface area contributed by atoms with Crippen molar-refractivity contribution < 1.29 is 9.90 Å². The number of aliphatic hydroxyl groups is 1. The van der Waals surface area contributed by atoms with E-state index in [0.29, 0.717) is 26.1 Å². The Morgan fingerprint density at radius 2 is 2.15 bits per heavy atom. The minimum atomic E-state index is -1.15. The number of carbonyl (C=O) groups is 1. The van der Waals surface area contributed by atoms with E-state index < -0.39 is 5.60 Å². The van der Waals surface area contributed by atoms with Crippen molar-refractivity contribution in [2.45, 2.75) is 25.9 Å². The van der Waals surface area contributed by atoms with E-state index >= 15 is 0 Å². The predicted octanol–water partition coefficient (Wildman–Crippen LogP) is -0.421. The zero-order chi connectivity index (χ0) is 9.90. The van der Waals surface area contributed by atoms with Crippen LogP contribution in [-0.2, 0) is 4.79 Å². The van der Waals surface area contributed by atoms with Crippen LogP contribution in [0.15, 0.2) is 0 Å². The van der Waals surface area contributed by atoms with E-state index in [1.165, 1.54) is 0 Å². The summed E-state index contributed by atoms with van der Waals surface area (Å²) in [5, 5.41) is 12.9. The fourth-order valence-electron chi connectivity index (χ4n) is 1.67. The van der Waals surface area contributed by atoms with E-state index in [1.54, 1.807) is 4.90 Å². The van der Waals surface area contributed by atoms with Crippen molar-refractivity contribution in [1.82, 2.24) is 10.2 Å². The number of rotatable bonds is 3.